The van der Waals surface area contributed by atoms with Crippen molar-refractivity contribution in [2.75, 3.05) is 25.2 Å². The highest BCUT2D eigenvalue weighted by molar-refractivity contribution is 7.18. The average molecular weight is 595 g/mol. The van der Waals surface area contributed by atoms with Gasteiger partial charge in [-0.15, -0.1) is 0 Å². The molecule has 0 radical (unpaired) electrons. The monoisotopic (exact) mass is 593 g/mol. The van der Waals surface area contributed by atoms with Crippen molar-refractivity contribution >= 4 is 56.5 Å². The van der Waals surface area contributed by atoms with Crippen molar-refractivity contribution in [2.45, 2.75) is 64.8 Å². The quantitative estimate of drug-likeness (QED) is 0.230. The standard InChI is InChI=1S/C34H39Cl2N2OS/c1-5-6-20-38-29-12-7-8-13-30(29)40-32(38)19-15-25-11-9-10-24(33(25)36)14-18-31-34(2,3)27-23-26(35)16-17-28(27)37(31)21-22-39-4/h7-8,12-19,23H,5-6,9-11,20-22H2,1-4H3/q+1. The molecule has 0 saturated carbocycles. The van der Waals surface area contributed by atoms with Crippen LogP contribution in [0.3, 0.4) is 0 Å². The van der Waals surface area contributed by atoms with Crippen molar-refractivity contribution in [2.24, 2.45) is 0 Å². The molecule has 2 aromatic carbocycles. The molecule has 0 atom stereocenters. The van der Waals surface area contributed by atoms with E-state index >= 15 is 0 Å². The number of para-hydroxylation sites is 1. The highest BCUT2D eigenvalue weighted by Crippen LogP contribution is 2.48. The van der Waals surface area contributed by atoms with Gasteiger partial charge in [-0.2, -0.15) is 4.57 Å². The van der Waals surface area contributed by atoms with Crippen LogP contribution in [0.25, 0.3) is 16.3 Å². The summed E-state index contributed by atoms with van der Waals surface area (Å²) in [5.41, 5.74) is 7.24. The second-order valence-electron chi connectivity index (χ2n) is 11.1. The summed E-state index contributed by atoms with van der Waals surface area (Å²) in [5, 5.41) is 2.94. The number of allylic oxidation sites excluding steroid dienone is 7. The average Bonchev–Trinajstić information content (AvgIpc) is 3.40. The number of aryl methyl sites for hydroxylation is 1. The van der Waals surface area contributed by atoms with Gasteiger partial charge in [0.25, 0.3) is 5.01 Å². The van der Waals surface area contributed by atoms with Crippen molar-refractivity contribution in [1.82, 2.24) is 0 Å². The van der Waals surface area contributed by atoms with Gasteiger partial charge >= 0.3 is 0 Å². The smallest absolute Gasteiger partial charge is 0.262 e. The lowest BCUT2D eigenvalue weighted by atomic mass is 9.83. The second kappa shape index (κ2) is 12.7. The zero-order chi connectivity index (χ0) is 28.3. The third-order valence-electron chi connectivity index (χ3n) is 8.07. The van der Waals surface area contributed by atoms with Crippen LogP contribution >= 0.6 is 34.5 Å². The summed E-state index contributed by atoms with van der Waals surface area (Å²) in [6, 6.07) is 14.9. The molecule has 0 fully saturated rings. The number of methoxy groups -OCH3 is 1. The first-order valence-corrected chi connectivity index (χ1v) is 15.9. The second-order valence-corrected chi connectivity index (χ2v) is 13.0. The Kier molecular flexibility index (Phi) is 9.21. The first-order valence-electron chi connectivity index (χ1n) is 14.3. The number of hydrogen-bond acceptors (Lipinski definition) is 3. The summed E-state index contributed by atoms with van der Waals surface area (Å²) >= 11 is 15.3. The molecule has 0 N–H and O–H groups in total. The Morgan fingerprint density at radius 2 is 1.90 bits per heavy atom. The van der Waals surface area contributed by atoms with Crippen molar-refractivity contribution in [3.63, 3.8) is 0 Å². The number of fused-ring (bicyclic) bond motifs is 2. The van der Waals surface area contributed by atoms with Gasteiger partial charge < -0.3 is 9.64 Å². The van der Waals surface area contributed by atoms with Crippen LogP contribution in [0.5, 0.6) is 0 Å². The van der Waals surface area contributed by atoms with Gasteiger partial charge in [-0.25, -0.2) is 0 Å². The number of aromatic nitrogens is 1. The maximum absolute atomic E-state index is 7.08. The predicted molar refractivity (Wildman–Crippen MR) is 173 cm³/mol. The van der Waals surface area contributed by atoms with Gasteiger partial charge in [0.1, 0.15) is 4.70 Å². The maximum Gasteiger partial charge on any atom is 0.262 e. The molecule has 0 unspecified atom stereocenters. The third-order valence-corrected chi connectivity index (χ3v) is 9.92. The van der Waals surface area contributed by atoms with Crippen LogP contribution in [-0.2, 0) is 16.7 Å². The lowest BCUT2D eigenvalue weighted by Crippen LogP contribution is -2.34. The zero-order valence-electron chi connectivity index (χ0n) is 24.0. The number of benzene rings is 2. The highest BCUT2D eigenvalue weighted by Gasteiger charge is 2.39. The molecule has 0 saturated heterocycles. The fraction of sp³-hybridized carbons (Fsp3) is 0.382. The van der Waals surface area contributed by atoms with E-state index in [2.05, 4.69) is 90.9 Å². The Hall–Kier alpha value is -2.37. The molecule has 2 aliphatic rings. The number of anilines is 1. The molecule has 0 spiro atoms. The van der Waals surface area contributed by atoms with Crippen molar-refractivity contribution < 1.29 is 9.30 Å². The Balaban J connectivity index is 1.47. The Morgan fingerprint density at radius 1 is 1.07 bits per heavy atom. The third kappa shape index (κ3) is 5.83. The van der Waals surface area contributed by atoms with Gasteiger partial charge in [0.05, 0.1) is 6.61 Å². The largest absolute Gasteiger partial charge is 0.383 e. The summed E-state index contributed by atoms with van der Waals surface area (Å²) in [7, 11) is 1.75. The van der Waals surface area contributed by atoms with E-state index in [1.807, 2.05) is 17.4 Å². The molecule has 1 aliphatic heterocycles. The summed E-state index contributed by atoms with van der Waals surface area (Å²) in [4.78, 5) is 2.37. The lowest BCUT2D eigenvalue weighted by Gasteiger charge is -2.27. The molecule has 0 bridgehead atoms. The zero-order valence-corrected chi connectivity index (χ0v) is 26.3. The summed E-state index contributed by atoms with van der Waals surface area (Å²) in [5.74, 6) is 0. The highest BCUT2D eigenvalue weighted by atomic mass is 35.5. The Morgan fingerprint density at radius 3 is 2.70 bits per heavy atom. The van der Waals surface area contributed by atoms with E-state index in [4.69, 9.17) is 27.9 Å². The van der Waals surface area contributed by atoms with Gasteiger partial charge in [0.15, 0.2) is 6.54 Å². The molecule has 1 aliphatic carbocycles. The van der Waals surface area contributed by atoms with Crippen LogP contribution in [0, 0.1) is 0 Å². The van der Waals surface area contributed by atoms with Crippen LogP contribution < -0.4 is 9.47 Å². The minimum Gasteiger partial charge on any atom is -0.383 e. The maximum atomic E-state index is 7.08. The number of rotatable bonds is 9. The van der Waals surface area contributed by atoms with Crippen LogP contribution in [-0.4, -0.2) is 20.3 Å². The fourth-order valence-corrected chi connectivity index (χ4v) is 7.43. The SMILES string of the molecule is CCCC[n+]1c(C=CC2=C(Cl)C(=CC=C3N(CCOC)c4ccc(Cl)cc4C3(C)C)CCC2)sc2ccccc21. The van der Waals surface area contributed by atoms with Crippen LogP contribution in [0.4, 0.5) is 5.69 Å². The minimum atomic E-state index is -0.175. The molecule has 0 amide bonds. The van der Waals surface area contributed by atoms with Crippen LogP contribution in [0.15, 0.2) is 82.6 Å². The van der Waals surface area contributed by atoms with E-state index in [0.717, 1.165) is 42.4 Å². The molecular weight excluding hydrogens is 555 g/mol. The molecule has 40 heavy (non-hydrogen) atoms. The number of thiazole rings is 1. The molecule has 1 aromatic heterocycles. The molecule has 210 valence electrons. The number of halogens is 2. The predicted octanol–water partition coefficient (Wildman–Crippen LogP) is 9.59. The first kappa shape index (κ1) is 29.1. The Bertz CT molecular complexity index is 1510. The van der Waals surface area contributed by atoms with E-state index in [1.165, 1.54) is 56.2 Å². The summed E-state index contributed by atoms with van der Waals surface area (Å²) in [6.07, 6.45) is 14.4. The topological polar surface area (TPSA) is 16.4 Å². The number of nitrogens with zero attached hydrogens (tertiary/aromatic N) is 2. The molecular formula is C34H39Cl2N2OS+. The molecule has 6 heteroatoms. The number of unbranched alkanes of at least 4 members (excludes halogenated alkanes) is 1. The fourth-order valence-electron chi connectivity index (χ4n) is 5.85. The van der Waals surface area contributed by atoms with E-state index < -0.39 is 0 Å². The van der Waals surface area contributed by atoms with Crippen molar-refractivity contribution in [3.05, 3.63) is 98.2 Å². The minimum absolute atomic E-state index is 0.175. The van der Waals surface area contributed by atoms with Crippen LogP contribution in [0.2, 0.25) is 5.02 Å². The van der Waals surface area contributed by atoms with E-state index in [-0.39, 0.29) is 5.41 Å². The van der Waals surface area contributed by atoms with E-state index in [1.54, 1.807) is 7.11 Å². The van der Waals surface area contributed by atoms with Crippen LogP contribution in [0.1, 0.15) is 63.4 Å². The number of ether oxygens (including phenoxy) is 1. The van der Waals surface area contributed by atoms with Crippen molar-refractivity contribution in [3.8, 4) is 0 Å². The van der Waals surface area contributed by atoms with Gasteiger partial charge in [0.2, 0.25) is 5.52 Å². The van der Waals surface area contributed by atoms with Gasteiger partial charge in [0, 0.05) is 59.1 Å². The summed E-state index contributed by atoms with van der Waals surface area (Å²) < 4.78 is 9.23. The van der Waals surface area contributed by atoms with E-state index in [0.29, 0.717) is 6.61 Å². The summed E-state index contributed by atoms with van der Waals surface area (Å²) in [6.45, 7) is 9.26. The number of hydrogen-bond donors (Lipinski definition) is 0. The molecule has 2 heterocycles. The molecule has 3 nitrogen and oxygen atoms in total. The van der Waals surface area contributed by atoms with Crippen molar-refractivity contribution in [1.29, 1.82) is 0 Å². The molecule has 5 rings (SSSR count). The van der Waals surface area contributed by atoms with Gasteiger partial charge in [-0.3, -0.25) is 0 Å². The molecule has 3 aromatic rings. The normalized spacial score (nSPS) is 19.1. The first-order chi connectivity index (χ1) is 19.3. The lowest BCUT2D eigenvalue weighted by molar-refractivity contribution is -0.669. The van der Waals surface area contributed by atoms with Gasteiger partial charge in [-0.05, 0) is 66.3 Å². The van der Waals surface area contributed by atoms with Gasteiger partial charge in [-0.1, -0.05) is 86.0 Å². The van der Waals surface area contributed by atoms with E-state index in [9.17, 15) is 0 Å². The Labute approximate surface area is 253 Å².